The maximum absolute atomic E-state index is 3.77. The van der Waals surface area contributed by atoms with E-state index in [9.17, 15) is 0 Å². The number of hydrogen-bond donors (Lipinski definition) is 1. The van der Waals surface area contributed by atoms with E-state index in [-0.39, 0.29) is 0 Å². The molecule has 6 rings (SSSR count). The average Bonchev–Trinajstić information content (AvgIpc) is 2.67. The molecule has 4 heterocycles. The van der Waals surface area contributed by atoms with Crippen molar-refractivity contribution in [3.05, 3.63) is 35.0 Å². The number of nitrogens with zero attached hydrogens (tertiary/aromatic N) is 1. The minimum absolute atomic E-state index is 0.758. The molecule has 2 nitrogen and oxygen atoms in total. The Morgan fingerprint density at radius 3 is 2.84 bits per heavy atom. The Bertz CT molecular complexity index is 655. The van der Waals surface area contributed by atoms with Crippen LogP contribution in [0, 0.1) is 12.8 Å². The van der Waals surface area contributed by atoms with Gasteiger partial charge >= 0.3 is 0 Å². The lowest BCUT2D eigenvalue weighted by atomic mass is 9.82. The van der Waals surface area contributed by atoms with Gasteiger partial charge in [-0.3, -0.25) is 0 Å². The van der Waals surface area contributed by atoms with E-state index in [1.54, 1.807) is 11.3 Å². The van der Waals surface area contributed by atoms with Crippen molar-refractivity contribution in [2.24, 2.45) is 5.92 Å². The van der Waals surface area contributed by atoms with Gasteiger partial charge in [0.1, 0.15) is 0 Å². The summed E-state index contributed by atoms with van der Waals surface area (Å²) in [5.41, 5.74) is 6.00. The normalized spacial score (nSPS) is 35.6. The summed E-state index contributed by atoms with van der Waals surface area (Å²) in [7, 11) is 0. The van der Waals surface area contributed by atoms with Crippen LogP contribution in [-0.2, 0) is 0 Å². The summed E-state index contributed by atoms with van der Waals surface area (Å²) in [5, 5.41) is 1.51. The molecule has 2 aromatic rings. The molecule has 4 unspecified atom stereocenters. The molecule has 4 aliphatic rings. The van der Waals surface area contributed by atoms with Crippen LogP contribution >= 0.6 is 0 Å². The number of aryl methyl sites for hydroxylation is 1. The van der Waals surface area contributed by atoms with E-state index in [1.807, 2.05) is 0 Å². The summed E-state index contributed by atoms with van der Waals surface area (Å²) in [5.74, 6) is 2.48. The average molecular weight is 252 g/mol. The van der Waals surface area contributed by atoms with Gasteiger partial charge in [0.05, 0.1) is 0 Å². The van der Waals surface area contributed by atoms with Gasteiger partial charge in [-0.2, -0.15) is 0 Å². The second kappa shape index (κ2) is 3.43. The van der Waals surface area contributed by atoms with Crippen LogP contribution in [0.2, 0.25) is 0 Å². The van der Waals surface area contributed by atoms with Gasteiger partial charge in [-0.15, -0.1) is 0 Å². The van der Waals surface area contributed by atoms with Gasteiger partial charge < -0.3 is 9.88 Å². The van der Waals surface area contributed by atoms with E-state index >= 15 is 0 Å². The van der Waals surface area contributed by atoms with Crippen LogP contribution in [0.1, 0.15) is 41.5 Å². The highest BCUT2D eigenvalue weighted by atomic mass is 15.2. The minimum Gasteiger partial charge on any atom is -0.358 e. The van der Waals surface area contributed by atoms with Crippen LogP contribution in [0.15, 0.2) is 18.2 Å². The molecule has 98 valence electrons. The van der Waals surface area contributed by atoms with Gasteiger partial charge in [-0.05, 0) is 49.3 Å². The number of rotatable bonds is 0. The summed E-state index contributed by atoms with van der Waals surface area (Å²) < 4.78 is 0. The van der Waals surface area contributed by atoms with Crippen molar-refractivity contribution in [2.45, 2.75) is 31.6 Å². The molecule has 0 amide bonds. The summed E-state index contributed by atoms with van der Waals surface area (Å²) in [6, 6.07) is 6.90. The van der Waals surface area contributed by atoms with E-state index in [1.165, 1.54) is 48.9 Å². The smallest absolute Gasteiger partial charge is 0.0459 e. The molecule has 4 bridgehead atoms. The first-order valence-electron chi connectivity index (χ1n) is 7.62. The Morgan fingerprint density at radius 1 is 1.11 bits per heavy atom. The second-order valence-electron chi connectivity index (χ2n) is 6.95. The highest BCUT2D eigenvalue weighted by Gasteiger charge is 2.42. The van der Waals surface area contributed by atoms with Crippen molar-refractivity contribution < 1.29 is 0 Å². The van der Waals surface area contributed by atoms with Crippen LogP contribution in [-0.4, -0.2) is 29.5 Å². The fourth-order valence-corrected chi connectivity index (χ4v) is 4.94. The third-order valence-electron chi connectivity index (χ3n) is 5.55. The number of aromatic amines is 1. The number of nitrogens with one attached hydrogen (secondary N) is 1. The number of benzene rings is 1. The first-order valence-corrected chi connectivity index (χ1v) is 7.62. The lowest BCUT2D eigenvalue weighted by molar-refractivity contribution is 0.104. The standard InChI is InChI=1S/C17H20N2/c1-10-2-3-15-14(4-10)16-12-5-11-6-13(17(16)18-15)9-19(7-11)8-12/h2-4,11-13,18H,5-9H2,1H3. The first-order chi connectivity index (χ1) is 9.28. The highest BCUT2D eigenvalue weighted by Crippen LogP contribution is 2.49. The molecule has 0 spiro atoms. The summed E-state index contributed by atoms with van der Waals surface area (Å²) in [6.07, 6.45) is 2.83. The molecule has 1 N–H and O–H groups in total. The molecular weight excluding hydrogens is 232 g/mol. The molecule has 19 heavy (non-hydrogen) atoms. The number of H-pyrrole nitrogens is 1. The molecule has 4 atom stereocenters. The number of hydrogen-bond acceptors (Lipinski definition) is 1. The van der Waals surface area contributed by atoms with Gasteiger partial charge in [-0.1, -0.05) is 11.6 Å². The zero-order valence-electron chi connectivity index (χ0n) is 11.4. The van der Waals surface area contributed by atoms with Crippen molar-refractivity contribution in [1.29, 1.82) is 0 Å². The van der Waals surface area contributed by atoms with Gasteiger partial charge in [0.25, 0.3) is 0 Å². The summed E-state index contributed by atoms with van der Waals surface area (Å²) in [6.45, 7) is 6.14. The molecular formula is C17H20N2. The van der Waals surface area contributed by atoms with Crippen LogP contribution in [0.5, 0.6) is 0 Å². The topological polar surface area (TPSA) is 19.0 Å². The molecule has 0 saturated carbocycles. The summed E-state index contributed by atoms with van der Waals surface area (Å²) >= 11 is 0. The maximum Gasteiger partial charge on any atom is 0.0459 e. The van der Waals surface area contributed by atoms with Crippen LogP contribution in [0.25, 0.3) is 10.9 Å². The zero-order valence-corrected chi connectivity index (χ0v) is 11.4. The van der Waals surface area contributed by atoms with Crippen molar-refractivity contribution in [3.63, 3.8) is 0 Å². The number of piperidine rings is 2. The van der Waals surface area contributed by atoms with Crippen LogP contribution < -0.4 is 0 Å². The molecule has 1 aromatic carbocycles. The number of aromatic nitrogens is 1. The van der Waals surface area contributed by atoms with Gasteiger partial charge in [-0.25, -0.2) is 0 Å². The number of fused-ring (bicyclic) bond motifs is 1. The Labute approximate surface area is 113 Å². The lowest BCUT2D eigenvalue weighted by Gasteiger charge is -2.41. The van der Waals surface area contributed by atoms with Gasteiger partial charge in [0.2, 0.25) is 0 Å². The van der Waals surface area contributed by atoms with Crippen molar-refractivity contribution >= 4 is 10.9 Å². The van der Waals surface area contributed by atoms with Crippen molar-refractivity contribution in [1.82, 2.24) is 9.88 Å². The first kappa shape index (κ1) is 10.5. The van der Waals surface area contributed by atoms with E-state index in [4.69, 9.17) is 0 Å². The summed E-state index contributed by atoms with van der Waals surface area (Å²) in [4.78, 5) is 6.48. The van der Waals surface area contributed by atoms with E-state index < -0.39 is 0 Å². The fraction of sp³-hybridized carbons (Fsp3) is 0.529. The third kappa shape index (κ3) is 1.35. The van der Waals surface area contributed by atoms with E-state index in [2.05, 4.69) is 35.0 Å². The van der Waals surface area contributed by atoms with E-state index in [0.717, 1.165) is 17.8 Å². The van der Waals surface area contributed by atoms with Gasteiger partial charge in [0, 0.05) is 42.1 Å². The molecule has 1 aromatic heterocycles. The maximum atomic E-state index is 3.77. The predicted octanol–water partition coefficient (Wildman–Crippen LogP) is 3.38. The van der Waals surface area contributed by atoms with E-state index in [0.29, 0.717) is 0 Å². The monoisotopic (exact) mass is 252 g/mol. The van der Waals surface area contributed by atoms with Crippen LogP contribution in [0.3, 0.4) is 0 Å². The SMILES string of the molecule is Cc1ccc2[nH]c3c(c2c1)C1CC2CC3CN(C2)C1. The minimum atomic E-state index is 0.758. The molecule has 1 aliphatic carbocycles. The zero-order chi connectivity index (χ0) is 12.6. The second-order valence-corrected chi connectivity index (χ2v) is 6.95. The predicted molar refractivity (Wildman–Crippen MR) is 77.7 cm³/mol. The highest BCUT2D eigenvalue weighted by molar-refractivity contribution is 5.86. The lowest BCUT2D eigenvalue weighted by Crippen LogP contribution is -2.44. The van der Waals surface area contributed by atoms with Gasteiger partial charge in [0.15, 0.2) is 0 Å². The molecule has 0 radical (unpaired) electrons. The van der Waals surface area contributed by atoms with Crippen molar-refractivity contribution in [2.75, 3.05) is 19.6 Å². The largest absolute Gasteiger partial charge is 0.358 e. The van der Waals surface area contributed by atoms with Crippen LogP contribution in [0.4, 0.5) is 0 Å². The molecule has 2 saturated heterocycles. The molecule has 3 aliphatic heterocycles. The molecule has 2 fully saturated rings. The Morgan fingerprint density at radius 2 is 1.95 bits per heavy atom. The molecule has 2 heteroatoms. The quantitative estimate of drug-likeness (QED) is 0.761. The third-order valence-corrected chi connectivity index (χ3v) is 5.55. The van der Waals surface area contributed by atoms with Crippen molar-refractivity contribution in [3.8, 4) is 0 Å². The Kier molecular flexibility index (Phi) is 1.89. The Hall–Kier alpha value is -1.28. The Balaban J connectivity index is 1.81. The fourth-order valence-electron chi connectivity index (χ4n) is 4.94.